The largest absolute Gasteiger partial charge is 0.480 e. The molecule has 3 heterocycles. The van der Waals surface area contributed by atoms with Crippen LogP contribution in [0.5, 0.6) is 0 Å². The van der Waals surface area contributed by atoms with Crippen LogP contribution in [-0.4, -0.2) is 76.9 Å². The Hall–Kier alpha value is -2.78. The second-order valence-electron chi connectivity index (χ2n) is 8.54. The highest BCUT2D eigenvalue weighted by Gasteiger charge is 2.20. The van der Waals surface area contributed by atoms with E-state index in [1.807, 2.05) is 6.92 Å². The van der Waals surface area contributed by atoms with E-state index >= 15 is 0 Å². The molecule has 0 radical (unpaired) electrons. The Morgan fingerprint density at radius 3 is 2.82 bits per heavy atom. The number of carboxylic acid groups (broad SMARTS) is 1. The van der Waals surface area contributed by atoms with Gasteiger partial charge in [0, 0.05) is 44.8 Å². The minimum Gasteiger partial charge on any atom is -0.480 e. The molecule has 0 aliphatic carbocycles. The molecule has 2 aromatic heterocycles. The zero-order valence-corrected chi connectivity index (χ0v) is 19.7. The molecular weight excluding hydrogens is 420 g/mol. The third kappa shape index (κ3) is 8.25. The number of anilines is 2. The lowest BCUT2D eigenvalue weighted by Crippen LogP contribution is -2.37. The van der Waals surface area contributed by atoms with E-state index in [2.05, 4.69) is 37.6 Å². The lowest BCUT2D eigenvalue weighted by Gasteiger charge is -2.24. The number of hydrogen-bond donors (Lipinski definition) is 3. The number of nitrogens with zero attached hydrogens (tertiary/aromatic N) is 4. The second kappa shape index (κ2) is 13.1. The predicted molar refractivity (Wildman–Crippen MR) is 129 cm³/mol. The van der Waals surface area contributed by atoms with Gasteiger partial charge in [0.05, 0.1) is 6.61 Å². The standard InChI is InChI=1S/C24H36N6O3/c1-18-16-26-24(27-17-18)29-21(23(31)32)10-13-30(14-15-33-2)12-4-3-7-20-9-8-19-6-5-11-25-22(19)28-20/h8-9,16-17,21H,3-7,10-15H2,1-2H3,(H,25,28)(H,31,32)(H,26,27,29). The molecule has 33 heavy (non-hydrogen) atoms. The monoisotopic (exact) mass is 456 g/mol. The van der Waals surface area contributed by atoms with Crippen molar-refractivity contribution < 1.29 is 14.6 Å². The molecule has 0 saturated carbocycles. The number of fused-ring (bicyclic) bond motifs is 1. The number of carbonyl (C=O) groups is 1. The molecule has 9 heteroatoms. The summed E-state index contributed by atoms with van der Waals surface area (Å²) in [6.45, 7) is 5.82. The van der Waals surface area contributed by atoms with E-state index in [1.165, 1.54) is 12.0 Å². The molecule has 0 spiro atoms. The molecule has 1 aliphatic heterocycles. The van der Waals surface area contributed by atoms with Crippen molar-refractivity contribution in [3.63, 3.8) is 0 Å². The summed E-state index contributed by atoms with van der Waals surface area (Å²) in [5, 5.41) is 16.0. The van der Waals surface area contributed by atoms with Gasteiger partial charge in [-0.2, -0.15) is 0 Å². The van der Waals surface area contributed by atoms with Crippen molar-refractivity contribution in [1.82, 2.24) is 19.9 Å². The highest BCUT2D eigenvalue weighted by molar-refractivity contribution is 5.76. The van der Waals surface area contributed by atoms with E-state index in [1.54, 1.807) is 19.5 Å². The summed E-state index contributed by atoms with van der Waals surface area (Å²) in [4.78, 5) is 27.1. The van der Waals surface area contributed by atoms with Gasteiger partial charge in [-0.25, -0.2) is 19.7 Å². The van der Waals surface area contributed by atoms with Crippen LogP contribution < -0.4 is 10.6 Å². The number of aromatic nitrogens is 3. The zero-order chi connectivity index (χ0) is 23.5. The summed E-state index contributed by atoms with van der Waals surface area (Å²) in [5.74, 6) is 0.478. The van der Waals surface area contributed by atoms with Gasteiger partial charge in [-0.05, 0) is 69.2 Å². The average molecular weight is 457 g/mol. The van der Waals surface area contributed by atoms with Gasteiger partial charge in [0.15, 0.2) is 0 Å². The number of aryl methyl sites for hydroxylation is 3. The SMILES string of the molecule is COCCN(CCCCc1ccc2c(n1)NCCC2)CCC(Nc1ncc(C)cn1)C(=O)O. The van der Waals surface area contributed by atoms with Crippen LogP contribution in [0.4, 0.5) is 11.8 Å². The van der Waals surface area contributed by atoms with Gasteiger partial charge in [-0.3, -0.25) is 0 Å². The third-order valence-electron chi connectivity index (χ3n) is 5.84. The van der Waals surface area contributed by atoms with Crippen LogP contribution in [0.15, 0.2) is 24.5 Å². The molecule has 0 amide bonds. The lowest BCUT2D eigenvalue weighted by atomic mass is 10.1. The van der Waals surface area contributed by atoms with E-state index in [0.717, 1.165) is 62.4 Å². The molecule has 3 N–H and O–H groups in total. The van der Waals surface area contributed by atoms with Crippen LogP contribution >= 0.6 is 0 Å². The molecule has 0 saturated heterocycles. The van der Waals surface area contributed by atoms with Gasteiger partial charge in [0.25, 0.3) is 0 Å². The number of pyridine rings is 1. The van der Waals surface area contributed by atoms with Crippen molar-refractivity contribution in [3.05, 3.63) is 41.3 Å². The fraction of sp³-hybridized carbons (Fsp3) is 0.583. The Bertz CT molecular complexity index is 877. The summed E-state index contributed by atoms with van der Waals surface area (Å²) in [6.07, 6.45) is 9.06. The first-order chi connectivity index (χ1) is 16.0. The van der Waals surface area contributed by atoms with Gasteiger partial charge in [-0.1, -0.05) is 6.07 Å². The quantitative estimate of drug-likeness (QED) is 0.369. The maximum atomic E-state index is 11.7. The summed E-state index contributed by atoms with van der Waals surface area (Å²) < 4.78 is 5.25. The van der Waals surface area contributed by atoms with Gasteiger partial charge in [0.1, 0.15) is 11.9 Å². The number of rotatable bonds is 14. The van der Waals surface area contributed by atoms with E-state index in [-0.39, 0.29) is 0 Å². The van der Waals surface area contributed by atoms with Crippen molar-refractivity contribution in [2.24, 2.45) is 0 Å². The second-order valence-corrected chi connectivity index (χ2v) is 8.54. The summed E-state index contributed by atoms with van der Waals surface area (Å²) in [5.41, 5.74) is 3.37. The van der Waals surface area contributed by atoms with Gasteiger partial charge in [0.2, 0.25) is 5.95 Å². The molecular formula is C24H36N6O3. The highest BCUT2D eigenvalue weighted by atomic mass is 16.5. The smallest absolute Gasteiger partial charge is 0.326 e. The van der Waals surface area contributed by atoms with Crippen LogP contribution in [-0.2, 0) is 22.4 Å². The summed E-state index contributed by atoms with van der Waals surface area (Å²) >= 11 is 0. The van der Waals surface area contributed by atoms with E-state index < -0.39 is 12.0 Å². The minimum atomic E-state index is -0.905. The Labute approximate surface area is 196 Å². The fourth-order valence-corrected chi connectivity index (χ4v) is 3.90. The summed E-state index contributed by atoms with van der Waals surface area (Å²) in [6, 6.07) is 3.60. The lowest BCUT2D eigenvalue weighted by molar-refractivity contribution is -0.138. The first-order valence-electron chi connectivity index (χ1n) is 11.8. The number of nitrogens with one attached hydrogen (secondary N) is 2. The molecule has 3 rings (SSSR count). The average Bonchev–Trinajstić information content (AvgIpc) is 2.83. The molecule has 2 aromatic rings. The Morgan fingerprint density at radius 2 is 2.06 bits per heavy atom. The number of unbranched alkanes of at least 4 members (excludes halogenated alkanes) is 1. The van der Waals surface area contributed by atoms with E-state index in [9.17, 15) is 9.90 Å². The minimum absolute atomic E-state index is 0.337. The summed E-state index contributed by atoms with van der Waals surface area (Å²) in [7, 11) is 1.68. The maximum absolute atomic E-state index is 11.7. The van der Waals surface area contributed by atoms with Crippen LogP contribution in [0.3, 0.4) is 0 Å². The molecule has 180 valence electrons. The molecule has 1 unspecified atom stereocenters. The van der Waals surface area contributed by atoms with Crippen LogP contribution in [0.1, 0.15) is 42.5 Å². The molecule has 0 aromatic carbocycles. The number of hydrogen-bond acceptors (Lipinski definition) is 8. The van der Waals surface area contributed by atoms with Crippen molar-refractivity contribution in [3.8, 4) is 0 Å². The Morgan fingerprint density at radius 1 is 1.24 bits per heavy atom. The third-order valence-corrected chi connectivity index (χ3v) is 5.84. The molecule has 0 fully saturated rings. The van der Waals surface area contributed by atoms with Crippen LogP contribution in [0.2, 0.25) is 0 Å². The zero-order valence-electron chi connectivity index (χ0n) is 19.7. The first-order valence-corrected chi connectivity index (χ1v) is 11.8. The molecule has 9 nitrogen and oxygen atoms in total. The van der Waals surface area contributed by atoms with Gasteiger partial charge < -0.3 is 25.4 Å². The van der Waals surface area contributed by atoms with Crippen LogP contribution in [0.25, 0.3) is 0 Å². The van der Waals surface area contributed by atoms with Crippen molar-refractivity contribution in [2.75, 3.05) is 50.5 Å². The molecule has 1 aliphatic rings. The Balaban J connectivity index is 1.45. The fourth-order valence-electron chi connectivity index (χ4n) is 3.90. The first kappa shape index (κ1) is 24.9. The normalized spacial score (nSPS) is 13.9. The van der Waals surface area contributed by atoms with Gasteiger partial charge in [-0.15, -0.1) is 0 Å². The number of aliphatic carboxylic acids is 1. The van der Waals surface area contributed by atoms with Crippen molar-refractivity contribution >= 4 is 17.7 Å². The molecule has 0 bridgehead atoms. The number of methoxy groups -OCH3 is 1. The topological polar surface area (TPSA) is 113 Å². The molecule has 1 atom stereocenters. The Kier molecular flexibility index (Phi) is 9.83. The van der Waals surface area contributed by atoms with Gasteiger partial charge >= 0.3 is 5.97 Å². The predicted octanol–water partition coefficient (Wildman–Crippen LogP) is 2.76. The maximum Gasteiger partial charge on any atom is 0.326 e. The van der Waals surface area contributed by atoms with E-state index in [0.29, 0.717) is 25.5 Å². The number of ether oxygens (including phenoxy) is 1. The van der Waals surface area contributed by atoms with Crippen LogP contribution in [0, 0.1) is 6.92 Å². The van der Waals surface area contributed by atoms with Crippen molar-refractivity contribution in [1.29, 1.82) is 0 Å². The van der Waals surface area contributed by atoms with E-state index in [4.69, 9.17) is 9.72 Å². The highest BCUT2D eigenvalue weighted by Crippen LogP contribution is 2.20. The number of carboxylic acids is 1. The van der Waals surface area contributed by atoms with Crippen molar-refractivity contribution in [2.45, 2.75) is 51.5 Å².